The number of H-pyrrole nitrogens is 1. The lowest BCUT2D eigenvalue weighted by Gasteiger charge is -2.12. The summed E-state index contributed by atoms with van der Waals surface area (Å²) in [5, 5.41) is 5.00. The monoisotopic (exact) mass is 350 g/mol. The van der Waals surface area contributed by atoms with Crippen molar-refractivity contribution in [1.82, 2.24) is 4.98 Å². The molecule has 2 heterocycles. The predicted molar refractivity (Wildman–Crippen MR) is 111 cm³/mol. The van der Waals surface area contributed by atoms with Gasteiger partial charge in [0.05, 0.1) is 6.04 Å². The summed E-state index contributed by atoms with van der Waals surface area (Å²) in [6.07, 6.45) is 5.43. The largest absolute Gasteiger partial charge is 0.378 e. The molecule has 2 heteroatoms. The van der Waals surface area contributed by atoms with Crippen LogP contribution < -0.4 is 5.32 Å². The first-order valence-corrected chi connectivity index (χ1v) is 9.87. The zero-order chi connectivity index (χ0) is 17.8. The summed E-state index contributed by atoms with van der Waals surface area (Å²) in [6, 6.07) is 25.2. The molecule has 0 radical (unpaired) electrons. The first kappa shape index (κ1) is 15.1. The number of hydrogen-bond donors (Lipinski definition) is 2. The highest BCUT2D eigenvalue weighted by Gasteiger charge is 2.26. The molecule has 2 N–H and O–H groups in total. The van der Waals surface area contributed by atoms with Crippen molar-refractivity contribution in [2.75, 3.05) is 5.32 Å². The van der Waals surface area contributed by atoms with Crippen molar-refractivity contribution in [1.29, 1.82) is 0 Å². The number of benzene rings is 3. The van der Waals surface area contributed by atoms with Gasteiger partial charge in [0.15, 0.2) is 0 Å². The summed E-state index contributed by atoms with van der Waals surface area (Å²) in [4.78, 5) is 3.33. The highest BCUT2D eigenvalue weighted by atomic mass is 14.9. The van der Waals surface area contributed by atoms with Crippen molar-refractivity contribution in [3.8, 4) is 0 Å². The minimum atomic E-state index is 0.365. The van der Waals surface area contributed by atoms with E-state index in [2.05, 4.69) is 77.0 Å². The molecule has 1 atom stereocenters. The van der Waals surface area contributed by atoms with E-state index in [1.807, 2.05) is 6.20 Å². The first-order chi connectivity index (χ1) is 13.3. The van der Waals surface area contributed by atoms with E-state index in [-0.39, 0.29) is 0 Å². The number of anilines is 1. The number of aromatic nitrogens is 1. The molecule has 1 aliphatic carbocycles. The summed E-state index contributed by atoms with van der Waals surface area (Å²) < 4.78 is 0. The lowest BCUT2D eigenvalue weighted by molar-refractivity contribution is 0.739. The fourth-order valence-corrected chi connectivity index (χ4v) is 4.91. The van der Waals surface area contributed by atoms with E-state index in [1.165, 1.54) is 57.2 Å². The van der Waals surface area contributed by atoms with Gasteiger partial charge in [-0.2, -0.15) is 0 Å². The van der Waals surface area contributed by atoms with Crippen LogP contribution in [0.1, 0.15) is 39.8 Å². The van der Waals surface area contributed by atoms with E-state index in [0.29, 0.717) is 12.0 Å². The second kappa shape index (κ2) is 5.75. The molecule has 0 spiro atoms. The lowest BCUT2D eigenvalue weighted by Crippen LogP contribution is -2.05. The Kier molecular flexibility index (Phi) is 3.21. The summed E-state index contributed by atoms with van der Waals surface area (Å²) in [5.41, 5.74) is 9.88. The molecule has 0 saturated heterocycles. The number of hydrogen-bond acceptors (Lipinski definition) is 1. The normalized spacial score (nSPS) is 18.4. The minimum absolute atomic E-state index is 0.365. The van der Waals surface area contributed by atoms with E-state index < -0.39 is 0 Å². The Balaban J connectivity index is 1.27. The summed E-state index contributed by atoms with van der Waals surface area (Å²) >= 11 is 0. The summed E-state index contributed by atoms with van der Waals surface area (Å²) in [6.45, 7) is 0. The second-order valence-electron chi connectivity index (χ2n) is 8.02. The molecule has 0 saturated carbocycles. The van der Waals surface area contributed by atoms with Gasteiger partial charge in [-0.1, -0.05) is 48.5 Å². The van der Waals surface area contributed by atoms with Crippen molar-refractivity contribution >= 4 is 16.6 Å². The van der Waals surface area contributed by atoms with Gasteiger partial charge >= 0.3 is 0 Å². The zero-order valence-electron chi connectivity index (χ0n) is 15.2. The van der Waals surface area contributed by atoms with Gasteiger partial charge in [0, 0.05) is 17.4 Å². The maximum atomic E-state index is 3.73. The van der Waals surface area contributed by atoms with Crippen LogP contribution in [0.4, 0.5) is 5.69 Å². The third kappa shape index (κ3) is 2.48. The number of rotatable bonds is 2. The quantitative estimate of drug-likeness (QED) is 0.473. The molecule has 6 rings (SSSR count). The Hall–Kier alpha value is -3.00. The number of fused-ring (bicyclic) bond motifs is 3. The Morgan fingerprint density at radius 3 is 2.37 bits per heavy atom. The van der Waals surface area contributed by atoms with Crippen molar-refractivity contribution in [2.24, 2.45) is 0 Å². The maximum Gasteiger partial charge on any atom is 0.0555 e. The third-order valence-corrected chi connectivity index (χ3v) is 6.39. The van der Waals surface area contributed by atoms with Gasteiger partial charge in [0.2, 0.25) is 0 Å². The average molecular weight is 350 g/mol. The summed E-state index contributed by atoms with van der Waals surface area (Å²) in [5.74, 6) is 0.627. The standard InChI is InChI=1S/C25H22N2/c1-2-4-18-12-21(11-17(18)3-1)19-7-8-23-22(13-19)15-25(27-23)20-6-5-16-9-10-26-24(16)14-20/h1-10,13-14,21,25-27H,11-12,15H2. The van der Waals surface area contributed by atoms with Crippen LogP contribution in [0, 0.1) is 0 Å². The molecule has 3 aromatic carbocycles. The average Bonchev–Trinajstić information content (AvgIpc) is 3.42. The minimum Gasteiger partial charge on any atom is -0.378 e. The van der Waals surface area contributed by atoms with Gasteiger partial charge in [-0.25, -0.2) is 0 Å². The number of aromatic amines is 1. The Bertz CT molecular complexity index is 1130. The molecule has 2 nitrogen and oxygen atoms in total. The molecule has 27 heavy (non-hydrogen) atoms. The van der Waals surface area contributed by atoms with Crippen molar-refractivity contribution in [3.63, 3.8) is 0 Å². The molecular formula is C25H22N2. The van der Waals surface area contributed by atoms with Gasteiger partial charge < -0.3 is 10.3 Å². The van der Waals surface area contributed by atoms with Crippen LogP contribution in [0.25, 0.3) is 10.9 Å². The van der Waals surface area contributed by atoms with Crippen LogP contribution in [0.3, 0.4) is 0 Å². The van der Waals surface area contributed by atoms with Crippen molar-refractivity contribution in [3.05, 3.63) is 101 Å². The molecule has 0 bridgehead atoms. The van der Waals surface area contributed by atoms with Crippen LogP contribution in [-0.2, 0) is 19.3 Å². The van der Waals surface area contributed by atoms with Crippen LogP contribution in [0.15, 0.2) is 72.9 Å². The van der Waals surface area contributed by atoms with Crippen molar-refractivity contribution < 1.29 is 0 Å². The van der Waals surface area contributed by atoms with Gasteiger partial charge in [-0.05, 0) is 76.6 Å². The zero-order valence-corrected chi connectivity index (χ0v) is 15.2. The fraction of sp³-hybridized carbons (Fsp3) is 0.200. The molecule has 2 aliphatic rings. The van der Waals surface area contributed by atoms with Crippen molar-refractivity contribution in [2.45, 2.75) is 31.2 Å². The van der Waals surface area contributed by atoms with Gasteiger partial charge in [-0.15, -0.1) is 0 Å². The Morgan fingerprint density at radius 2 is 1.52 bits per heavy atom. The smallest absolute Gasteiger partial charge is 0.0555 e. The van der Waals surface area contributed by atoms with Crippen LogP contribution >= 0.6 is 0 Å². The molecule has 0 fully saturated rings. The highest BCUT2D eigenvalue weighted by Crippen LogP contribution is 2.39. The van der Waals surface area contributed by atoms with Crippen LogP contribution in [0.2, 0.25) is 0 Å². The predicted octanol–water partition coefficient (Wildman–Crippen LogP) is 5.76. The molecule has 4 aromatic rings. The van der Waals surface area contributed by atoms with Crippen LogP contribution in [0.5, 0.6) is 0 Å². The summed E-state index contributed by atoms with van der Waals surface area (Å²) in [7, 11) is 0. The van der Waals surface area contributed by atoms with Crippen LogP contribution in [-0.4, -0.2) is 4.98 Å². The SMILES string of the molecule is c1ccc2c(c1)CC(c1ccc3c(c1)CC(c1ccc4cc[nH]c4c1)N3)C2. The van der Waals surface area contributed by atoms with Gasteiger partial charge in [-0.3, -0.25) is 0 Å². The van der Waals surface area contributed by atoms with Gasteiger partial charge in [0.1, 0.15) is 0 Å². The maximum absolute atomic E-state index is 3.73. The lowest BCUT2D eigenvalue weighted by atomic mass is 9.93. The van der Waals surface area contributed by atoms with E-state index in [4.69, 9.17) is 0 Å². The van der Waals surface area contributed by atoms with E-state index >= 15 is 0 Å². The number of nitrogens with one attached hydrogen (secondary N) is 2. The fourth-order valence-electron chi connectivity index (χ4n) is 4.91. The molecule has 1 unspecified atom stereocenters. The second-order valence-corrected chi connectivity index (χ2v) is 8.02. The van der Waals surface area contributed by atoms with E-state index in [1.54, 1.807) is 0 Å². The Labute approximate surface area is 159 Å². The van der Waals surface area contributed by atoms with Gasteiger partial charge in [0.25, 0.3) is 0 Å². The van der Waals surface area contributed by atoms with E-state index in [9.17, 15) is 0 Å². The first-order valence-electron chi connectivity index (χ1n) is 9.87. The van der Waals surface area contributed by atoms with E-state index in [0.717, 1.165) is 6.42 Å². The molecular weight excluding hydrogens is 328 g/mol. The third-order valence-electron chi connectivity index (χ3n) is 6.39. The molecule has 1 aromatic heterocycles. The molecule has 132 valence electrons. The Morgan fingerprint density at radius 1 is 0.704 bits per heavy atom. The topological polar surface area (TPSA) is 27.8 Å². The molecule has 0 amide bonds. The molecule has 1 aliphatic heterocycles. The highest BCUT2D eigenvalue weighted by molar-refractivity contribution is 5.80.